The second-order valence-corrected chi connectivity index (χ2v) is 8.42. The minimum absolute atomic E-state index is 0.0575. The molecule has 1 N–H and O–H groups in total. The minimum Gasteiger partial charge on any atom is -0.497 e. The molecule has 0 aliphatic rings. The fraction of sp³-hybridized carbons (Fsp3) is 0.207. The van der Waals surface area contributed by atoms with Crippen molar-refractivity contribution in [2.45, 2.75) is 19.9 Å². The Morgan fingerprint density at radius 3 is 2.37 bits per heavy atom. The van der Waals surface area contributed by atoms with Crippen molar-refractivity contribution in [1.29, 1.82) is 0 Å². The number of aromatic nitrogens is 1. The average Bonchev–Trinajstić information content (AvgIpc) is 3.30. The number of ether oxygens (including phenoxy) is 3. The summed E-state index contributed by atoms with van der Waals surface area (Å²) in [6.45, 7) is 1.84. The minimum atomic E-state index is -1.14. The average molecular weight is 529 g/mol. The lowest BCUT2D eigenvalue weighted by Crippen LogP contribution is -2.37. The molecule has 9 nitrogen and oxygen atoms in total. The van der Waals surface area contributed by atoms with Crippen LogP contribution in [0.25, 0.3) is 11.5 Å². The van der Waals surface area contributed by atoms with Gasteiger partial charge in [0.25, 0.3) is 0 Å². The molecule has 0 atom stereocenters. The SMILES string of the molecule is COc1ccc(OC(=O)N(CC(=O)O)C[14c]2[14cH][14cH][14c](OCCc3nc(-c4ccccc4)oc3C)[14cH][14cH]2)cc1. The van der Waals surface area contributed by atoms with E-state index in [-0.39, 0.29) is 12.3 Å². The number of carboxylic acid groups (broad SMARTS) is 1. The molecular formula is C29H28N2O7. The molecule has 3 aromatic carbocycles. The molecule has 196 valence electrons. The van der Waals surface area contributed by atoms with E-state index in [4.69, 9.17) is 18.6 Å². The van der Waals surface area contributed by atoms with Crippen LogP contribution in [-0.4, -0.2) is 47.3 Å². The number of rotatable bonds is 11. The van der Waals surface area contributed by atoms with Gasteiger partial charge in [-0.25, -0.2) is 9.78 Å². The van der Waals surface area contributed by atoms with Crippen LogP contribution in [0.2, 0.25) is 0 Å². The fourth-order valence-corrected chi connectivity index (χ4v) is 3.70. The molecule has 0 bridgehead atoms. The fourth-order valence-electron chi connectivity index (χ4n) is 3.70. The van der Waals surface area contributed by atoms with Gasteiger partial charge in [0.2, 0.25) is 5.89 Å². The molecular weight excluding hydrogens is 500 g/mol. The summed E-state index contributed by atoms with van der Waals surface area (Å²) < 4.78 is 22.1. The van der Waals surface area contributed by atoms with Gasteiger partial charge >= 0.3 is 12.1 Å². The molecule has 4 aromatic rings. The number of carboxylic acids is 1. The highest BCUT2D eigenvalue weighted by Gasteiger charge is 2.20. The standard InChI is InChI=1S/C29H28N2O7/c1-20-26(30-28(37-20)22-6-4-3-5-7-22)16-17-36-24-10-8-21(9-11-24)18-31(19-27(32)33)29(34)38-25-14-12-23(35-2)13-15-25/h3-15H,16-19H2,1-2H3,(H,32,33)/i8+2,9+2,10+2,11+2,21+2,24+2. The number of hydrogen-bond donors (Lipinski definition) is 1. The highest BCUT2D eigenvalue weighted by molar-refractivity contribution is 5.78. The molecule has 1 amide bonds. The van der Waals surface area contributed by atoms with Gasteiger partial charge in [-0.15, -0.1) is 0 Å². The van der Waals surface area contributed by atoms with Crippen LogP contribution in [0.4, 0.5) is 4.79 Å². The lowest BCUT2D eigenvalue weighted by molar-refractivity contribution is -0.138. The number of carbonyl (C=O) groups is 2. The van der Waals surface area contributed by atoms with Crippen molar-refractivity contribution in [3.05, 3.63) is 95.9 Å². The first-order valence-electron chi connectivity index (χ1n) is 12.0. The van der Waals surface area contributed by atoms with Crippen LogP contribution in [0.1, 0.15) is 17.0 Å². The molecule has 0 unspecified atom stereocenters. The molecule has 0 saturated carbocycles. The van der Waals surface area contributed by atoms with E-state index in [1.54, 1.807) is 48.5 Å². The second kappa shape index (κ2) is 12.4. The lowest BCUT2D eigenvalue weighted by Gasteiger charge is -2.20. The zero-order chi connectivity index (χ0) is 26.9. The van der Waals surface area contributed by atoms with Crippen LogP contribution < -0.4 is 14.2 Å². The maximum atomic E-state index is 12.6. The van der Waals surface area contributed by atoms with Crippen molar-refractivity contribution in [1.82, 2.24) is 9.88 Å². The third-order valence-electron chi connectivity index (χ3n) is 5.67. The monoisotopic (exact) mass is 528 g/mol. The first kappa shape index (κ1) is 26.3. The molecule has 38 heavy (non-hydrogen) atoms. The van der Waals surface area contributed by atoms with Gasteiger partial charge in [-0.05, 0) is 61.0 Å². The van der Waals surface area contributed by atoms with E-state index >= 15 is 0 Å². The maximum Gasteiger partial charge on any atom is 0.416 e. The van der Waals surface area contributed by atoms with E-state index in [0.29, 0.717) is 30.4 Å². The number of oxazole rings is 1. The molecule has 0 saturated heterocycles. The summed E-state index contributed by atoms with van der Waals surface area (Å²) in [5, 5.41) is 9.27. The van der Waals surface area contributed by atoms with Gasteiger partial charge in [0, 0.05) is 18.5 Å². The van der Waals surface area contributed by atoms with Crippen molar-refractivity contribution in [3.8, 4) is 28.7 Å². The summed E-state index contributed by atoms with van der Waals surface area (Å²) in [4.78, 5) is 29.7. The first-order valence-corrected chi connectivity index (χ1v) is 12.0. The van der Waals surface area contributed by atoms with Gasteiger partial charge in [0.05, 0.1) is 19.4 Å². The Labute approximate surface area is 220 Å². The highest BCUT2D eigenvalue weighted by Crippen LogP contribution is 2.22. The lowest BCUT2D eigenvalue weighted by atomic mass is 10.2. The number of aliphatic carboxylic acids is 1. The molecule has 9 heteroatoms. The molecule has 0 aliphatic carbocycles. The first-order chi connectivity index (χ1) is 18.4. The highest BCUT2D eigenvalue weighted by atomic mass is 16.7. The Morgan fingerprint density at radius 2 is 1.71 bits per heavy atom. The third-order valence-corrected chi connectivity index (χ3v) is 5.67. The van der Waals surface area contributed by atoms with E-state index in [9.17, 15) is 14.7 Å². The molecule has 0 spiro atoms. The van der Waals surface area contributed by atoms with Gasteiger partial charge in [0.1, 0.15) is 29.6 Å². The number of carbonyl (C=O) groups excluding carboxylic acids is 1. The zero-order valence-electron chi connectivity index (χ0n) is 21.1. The number of amides is 1. The van der Waals surface area contributed by atoms with E-state index in [1.807, 2.05) is 37.3 Å². The number of aryl methyl sites for hydroxylation is 1. The molecule has 1 aromatic heterocycles. The van der Waals surface area contributed by atoms with Crippen LogP contribution in [0.5, 0.6) is 17.2 Å². The van der Waals surface area contributed by atoms with Gasteiger partial charge in [-0.1, -0.05) is 30.3 Å². The Kier molecular flexibility index (Phi) is 8.61. The molecule has 4 rings (SSSR count). The molecule has 0 fully saturated rings. The van der Waals surface area contributed by atoms with Crippen molar-refractivity contribution in [2.75, 3.05) is 20.3 Å². The van der Waals surface area contributed by atoms with Crippen molar-refractivity contribution in [3.63, 3.8) is 0 Å². The van der Waals surface area contributed by atoms with Crippen LogP contribution in [0, 0.1) is 6.92 Å². The topological polar surface area (TPSA) is 111 Å². The number of benzene rings is 3. The molecule has 1 heterocycles. The zero-order valence-corrected chi connectivity index (χ0v) is 21.1. The Balaban J connectivity index is 1.32. The number of hydrogen-bond acceptors (Lipinski definition) is 7. The predicted molar refractivity (Wildman–Crippen MR) is 139 cm³/mol. The Morgan fingerprint density at radius 1 is 1.03 bits per heavy atom. The maximum absolute atomic E-state index is 12.6. The summed E-state index contributed by atoms with van der Waals surface area (Å²) in [7, 11) is 1.53. The summed E-state index contributed by atoms with van der Waals surface area (Å²) in [6.07, 6.45) is -0.191. The van der Waals surface area contributed by atoms with Gasteiger partial charge < -0.3 is 23.7 Å². The van der Waals surface area contributed by atoms with Gasteiger partial charge in [0.15, 0.2) is 0 Å². The van der Waals surface area contributed by atoms with Crippen molar-refractivity contribution < 1.29 is 33.3 Å². The van der Waals surface area contributed by atoms with Crippen LogP contribution in [-0.2, 0) is 17.8 Å². The van der Waals surface area contributed by atoms with E-state index in [0.717, 1.165) is 27.5 Å². The predicted octanol–water partition coefficient (Wildman–Crippen LogP) is 5.37. The Hall–Kier alpha value is -4.79. The summed E-state index contributed by atoms with van der Waals surface area (Å²) in [5.41, 5.74) is 2.48. The van der Waals surface area contributed by atoms with Crippen molar-refractivity contribution >= 4 is 12.1 Å². The third kappa shape index (κ3) is 7.13. The summed E-state index contributed by atoms with van der Waals surface area (Å²) >= 11 is 0. The normalized spacial score (nSPS) is 10.6. The smallest absolute Gasteiger partial charge is 0.416 e. The van der Waals surface area contributed by atoms with Gasteiger partial charge in [-0.3, -0.25) is 9.69 Å². The summed E-state index contributed by atoms with van der Waals surface area (Å²) in [5.74, 6) is 1.73. The van der Waals surface area contributed by atoms with Crippen LogP contribution in [0.15, 0.2) is 83.3 Å². The van der Waals surface area contributed by atoms with Crippen LogP contribution >= 0.6 is 0 Å². The Bertz CT molecular complexity index is 1350. The molecule has 0 aliphatic heterocycles. The van der Waals surface area contributed by atoms with E-state index in [1.165, 1.54) is 7.11 Å². The van der Waals surface area contributed by atoms with E-state index < -0.39 is 18.6 Å². The quantitative estimate of drug-likeness (QED) is 0.277. The van der Waals surface area contributed by atoms with Crippen LogP contribution in [0.3, 0.4) is 0 Å². The van der Waals surface area contributed by atoms with Gasteiger partial charge in [-0.2, -0.15) is 0 Å². The molecule has 0 radical (unpaired) electrons. The van der Waals surface area contributed by atoms with Crippen molar-refractivity contribution in [2.24, 2.45) is 0 Å². The van der Waals surface area contributed by atoms with E-state index in [2.05, 4.69) is 4.98 Å². The largest absolute Gasteiger partial charge is 0.497 e. The second-order valence-electron chi connectivity index (χ2n) is 8.42. The number of methoxy groups -OCH3 is 1. The summed E-state index contributed by atoms with van der Waals surface area (Å²) in [6, 6.07) is 23.3. The number of nitrogens with zero attached hydrogens (tertiary/aromatic N) is 2.